The summed E-state index contributed by atoms with van der Waals surface area (Å²) in [7, 11) is 0. The zero-order chi connectivity index (χ0) is 14.0. The van der Waals surface area contributed by atoms with Crippen LogP contribution in [0.1, 0.15) is 10.4 Å². The van der Waals surface area contributed by atoms with E-state index in [4.69, 9.17) is 23.2 Å². The number of rotatable bonds is 2. The highest BCUT2D eigenvalue weighted by Crippen LogP contribution is 2.30. The van der Waals surface area contributed by atoms with Gasteiger partial charge in [-0.05, 0) is 24.3 Å². The maximum atomic E-state index is 13.0. The van der Waals surface area contributed by atoms with Crippen molar-refractivity contribution in [3.05, 3.63) is 63.6 Å². The van der Waals surface area contributed by atoms with Gasteiger partial charge in [0.15, 0.2) is 0 Å². The lowest BCUT2D eigenvalue weighted by atomic mass is 10.2. The van der Waals surface area contributed by atoms with Gasteiger partial charge in [-0.1, -0.05) is 29.3 Å². The van der Waals surface area contributed by atoms with Crippen molar-refractivity contribution in [3.8, 4) is 0 Å². The Morgan fingerprint density at radius 1 is 1.00 bits per heavy atom. The van der Waals surface area contributed by atoms with Gasteiger partial charge in [-0.25, -0.2) is 8.78 Å². The third kappa shape index (κ3) is 3.22. The third-order valence-electron chi connectivity index (χ3n) is 2.33. The summed E-state index contributed by atoms with van der Waals surface area (Å²) < 4.78 is 26.0. The normalized spacial score (nSPS) is 10.3. The van der Waals surface area contributed by atoms with Crippen LogP contribution in [0.3, 0.4) is 0 Å². The zero-order valence-electron chi connectivity index (χ0n) is 9.38. The topological polar surface area (TPSA) is 29.1 Å². The minimum absolute atomic E-state index is 0.159. The molecule has 6 heteroatoms. The minimum atomic E-state index is -0.838. The van der Waals surface area contributed by atoms with Crippen LogP contribution in [-0.4, -0.2) is 5.91 Å². The molecule has 2 rings (SSSR count). The van der Waals surface area contributed by atoms with E-state index in [0.29, 0.717) is 6.07 Å². The van der Waals surface area contributed by atoms with Crippen LogP contribution in [0.2, 0.25) is 10.0 Å². The molecular formula is C13H7Cl2F2NO. The highest BCUT2D eigenvalue weighted by Gasteiger charge is 2.13. The SMILES string of the molecule is O=C(Nc1c(Cl)cccc1Cl)c1cc(F)cc(F)c1. The van der Waals surface area contributed by atoms with Gasteiger partial charge in [0.05, 0.1) is 15.7 Å². The molecule has 0 saturated heterocycles. The molecule has 0 aromatic heterocycles. The Hall–Kier alpha value is -1.65. The van der Waals surface area contributed by atoms with Crippen LogP contribution >= 0.6 is 23.2 Å². The number of hydrogen-bond acceptors (Lipinski definition) is 1. The number of amides is 1. The second-order valence-corrected chi connectivity index (χ2v) is 4.52. The summed E-state index contributed by atoms with van der Waals surface area (Å²) in [4.78, 5) is 11.9. The lowest BCUT2D eigenvalue weighted by Gasteiger charge is -2.09. The van der Waals surface area contributed by atoms with E-state index < -0.39 is 17.5 Å². The standard InChI is InChI=1S/C13H7Cl2F2NO/c14-10-2-1-3-11(15)12(10)18-13(19)7-4-8(16)6-9(17)5-7/h1-6H,(H,18,19). The van der Waals surface area contributed by atoms with Gasteiger partial charge in [-0.3, -0.25) is 4.79 Å². The molecule has 0 saturated carbocycles. The molecule has 0 bridgehead atoms. The monoisotopic (exact) mass is 301 g/mol. The summed E-state index contributed by atoms with van der Waals surface area (Å²) in [5, 5.41) is 2.88. The lowest BCUT2D eigenvalue weighted by Crippen LogP contribution is -2.13. The fraction of sp³-hybridized carbons (Fsp3) is 0. The second-order valence-electron chi connectivity index (χ2n) is 3.71. The molecule has 0 atom stereocenters. The van der Waals surface area contributed by atoms with Gasteiger partial charge in [0.2, 0.25) is 0 Å². The Kier molecular flexibility index (Phi) is 4.02. The van der Waals surface area contributed by atoms with Crippen molar-refractivity contribution in [2.45, 2.75) is 0 Å². The van der Waals surface area contributed by atoms with Crippen molar-refractivity contribution < 1.29 is 13.6 Å². The van der Waals surface area contributed by atoms with Crippen molar-refractivity contribution in [2.75, 3.05) is 5.32 Å². The number of anilines is 1. The number of halogens is 4. The molecule has 2 nitrogen and oxygen atoms in total. The molecule has 1 amide bonds. The number of para-hydroxylation sites is 1. The average molecular weight is 302 g/mol. The highest BCUT2D eigenvalue weighted by molar-refractivity contribution is 6.40. The first kappa shape index (κ1) is 13.8. The van der Waals surface area contributed by atoms with Crippen LogP contribution in [0, 0.1) is 11.6 Å². The Labute approximate surface area is 118 Å². The number of hydrogen-bond donors (Lipinski definition) is 1. The molecule has 2 aromatic rings. The molecule has 0 unspecified atom stereocenters. The quantitative estimate of drug-likeness (QED) is 0.868. The maximum Gasteiger partial charge on any atom is 0.255 e. The first-order chi connectivity index (χ1) is 8.97. The molecule has 98 valence electrons. The molecule has 0 radical (unpaired) electrons. The molecule has 2 aromatic carbocycles. The smallest absolute Gasteiger partial charge is 0.255 e. The van der Waals surface area contributed by atoms with Crippen LogP contribution in [0.4, 0.5) is 14.5 Å². The van der Waals surface area contributed by atoms with E-state index in [1.165, 1.54) is 12.1 Å². The largest absolute Gasteiger partial charge is 0.319 e. The van der Waals surface area contributed by atoms with Crippen molar-refractivity contribution >= 4 is 34.8 Å². The van der Waals surface area contributed by atoms with E-state index in [1.807, 2.05) is 0 Å². The van der Waals surface area contributed by atoms with E-state index in [2.05, 4.69) is 5.32 Å². The number of benzene rings is 2. The summed E-state index contributed by atoms with van der Waals surface area (Å²) >= 11 is 11.8. The van der Waals surface area contributed by atoms with Crippen LogP contribution in [0.25, 0.3) is 0 Å². The molecule has 0 heterocycles. The zero-order valence-corrected chi connectivity index (χ0v) is 10.9. The van der Waals surface area contributed by atoms with Crippen LogP contribution < -0.4 is 5.32 Å². The summed E-state index contributed by atoms with van der Waals surface area (Å²) in [6.45, 7) is 0. The summed E-state index contributed by atoms with van der Waals surface area (Å²) in [5.74, 6) is -2.38. The Morgan fingerprint density at radius 2 is 1.53 bits per heavy atom. The second kappa shape index (κ2) is 5.55. The summed E-state index contributed by atoms with van der Waals surface area (Å²) in [6.07, 6.45) is 0. The molecule has 1 N–H and O–H groups in total. The Balaban J connectivity index is 2.31. The van der Waals surface area contributed by atoms with Crippen LogP contribution in [-0.2, 0) is 0 Å². The molecule has 0 aliphatic carbocycles. The Bertz CT molecular complexity index is 606. The van der Waals surface area contributed by atoms with Crippen molar-refractivity contribution in [2.24, 2.45) is 0 Å². The number of carbonyl (C=O) groups is 1. The van der Waals surface area contributed by atoms with Crippen molar-refractivity contribution in [1.29, 1.82) is 0 Å². The van der Waals surface area contributed by atoms with Gasteiger partial charge in [0, 0.05) is 11.6 Å². The molecular weight excluding hydrogens is 295 g/mol. The third-order valence-corrected chi connectivity index (χ3v) is 2.96. The predicted molar refractivity (Wildman–Crippen MR) is 70.8 cm³/mol. The maximum absolute atomic E-state index is 13.0. The van der Waals surface area contributed by atoms with Gasteiger partial charge in [-0.2, -0.15) is 0 Å². The average Bonchev–Trinajstić information content (AvgIpc) is 2.32. The summed E-state index contributed by atoms with van der Waals surface area (Å²) in [5.41, 5.74) is 0.0361. The Morgan fingerprint density at radius 3 is 2.05 bits per heavy atom. The van der Waals surface area contributed by atoms with E-state index in [9.17, 15) is 13.6 Å². The van der Waals surface area contributed by atoms with E-state index in [0.717, 1.165) is 12.1 Å². The number of nitrogens with one attached hydrogen (secondary N) is 1. The molecule has 0 fully saturated rings. The van der Waals surface area contributed by atoms with Gasteiger partial charge in [-0.15, -0.1) is 0 Å². The number of carbonyl (C=O) groups excluding carboxylic acids is 1. The van der Waals surface area contributed by atoms with E-state index in [-0.39, 0.29) is 21.3 Å². The lowest BCUT2D eigenvalue weighted by molar-refractivity contribution is 0.102. The van der Waals surface area contributed by atoms with E-state index >= 15 is 0 Å². The van der Waals surface area contributed by atoms with Gasteiger partial charge in [0.1, 0.15) is 11.6 Å². The molecule has 0 spiro atoms. The van der Waals surface area contributed by atoms with Crippen molar-refractivity contribution in [3.63, 3.8) is 0 Å². The van der Waals surface area contributed by atoms with Crippen molar-refractivity contribution in [1.82, 2.24) is 0 Å². The van der Waals surface area contributed by atoms with Crippen LogP contribution in [0.5, 0.6) is 0 Å². The van der Waals surface area contributed by atoms with Gasteiger partial charge in [0.25, 0.3) is 5.91 Å². The first-order valence-electron chi connectivity index (χ1n) is 5.19. The fourth-order valence-corrected chi connectivity index (χ4v) is 1.98. The van der Waals surface area contributed by atoms with Gasteiger partial charge < -0.3 is 5.32 Å². The van der Waals surface area contributed by atoms with E-state index in [1.54, 1.807) is 6.07 Å². The fourth-order valence-electron chi connectivity index (χ4n) is 1.49. The predicted octanol–water partition coefficient (Wildman–Crippen LogP) is 4.52. The first-order valence-corrected chi connectivity index (χ1v) is 5.94. The molecule has 19 heavy (non-hydrogen) atoms. The molecule has 0 aliphatic heterocycles. The minimum Gasteiger partial charge on any atom is -0.319 e. The highest BCUT2D eigenvalue weighted by atomic mass is 35.5. The molecule has 0 aliphatic rings. The summed E-state index contributed by atoms with van der Waals surface area (Å²) in [6, 6.07) is 7.21. The van der Waals surface area contributed by atoms with Crippen LogP contribution in [0.15, 0.2) is 36.4 Å². The van der Waals surface area contributed by atoms with Gasteiger partial charge >= 0.3 is 0 Å².